The van der Waals surface area contributed by atoms with E-state index < -0.39 is 10.9 Å². The SMILES string of the molecule is Cn1cc(CCC(=O)O)c2c([N+](=O)[O-])ccc(-c3ccncc3)c21. The second-order valence-corrected chi connectivity index (χ2v) is 5.51. The molecule has 0 unspecified atom stereocenters. The van der Waals surface area contributed by atoms with Gasteiger partial charge in [-0.1, -0.05) is 0 Å². The Bertz CT molecular complexity index is 932. The summed E-state index contributed by atoms with van der Waals surface area (Å²) < 4.78 is 1.81. The van der Waals surface area contributed by atoms with Crippen LogP contribution in [0.15, 0.2) is 42.9 Å². The molecule has 2 aromatic heterocycles. The zero-order chi connectivity index (χ0) is 17.3. The Morgan fingerprint density at radius 3 is 2.62 bits per heavy atom. The van der Waals surface area contributed by atoms with Crippen molar-refractivity contribution in [2.75, 3.05) is 0 Å². The van der Waals surface area contributed by atoms with Crippen molar-refractivity contribution in [1.29, 1.82) is 0 Å². The standard InChI is InChI=1S/C17H15N3O4/c1-19-10-12(2-5-15(21)22)16-14(20(23)24)4-3-13(17(16)19)11-6-8-18-9-7-11/h3-4,6-10H,2,5H2,1H3,(H,21,22). The largest absolute Gasteiger partial charge is 0.481 e. The van der Waals surface area contributed by atoms with Crippen molar-refractivity contribution >= 4 is 22.6 Å². The summed E-state index contributed by atoms with van der Waals surface area (Å²) in [6.07, 6.45) is 5.27. The van der Waals surface area contributed by atoms with Gasteiger partial charge in [0, 0.05) is 43.7 Å². The molecule has 0 radical (unpaired) electrons. The summed E-state index contributed by atoms with van der Waals surface area (Å²) >= 11 is 0. The summed E-state index contributed by atoms with van der Waals surface area (Å²) in [6.45, 7) is 0. The van der Waals surface area contributed by atoms with E-state index >= 15 is 0 Å². The van der Waals surface area contributed by atoms with Crippen LogP contribution in [0.1, 0.15) is 12.0 Å². The fraction of sp³-hybridized carbons (Fsp3) is 0.176. The molecule has 0 bridgehead atoms. The molecule has 0 saturated carbocycles. The van der Waals surface area contributed by atoms with Gasteiger partial charge in [-0.2, -0.15) is 0 Å². The maximum Gasteiger partial charge on any atom is 0.303 e. The normalized spacial score (nSPS) is 10.9. The predicted octanol–water partition coefficient (Wildman–Crippen LogP) is 3.17. The Labute approximate surface area is 137 Å². The van der Waals surface area contributed by atoms with Crippen LogP contribution in [-0.2, 0) is 18.3 Å². The Morgan fingerprint density at radius 1 is 1.29 bits per heavy atom. The highest BCUT2D eigenvalue weighted by molar-refractivity contribution is 6.02. The molecule has 0 aliphatic carbocycles. The van der Waals surface area contributed by atoms with Crippen LogP contribution in [0.3, 0.4) is 0 Å². The molecule has 0 fully saturated rings. The first-order valence-corrected chi connectivity index (χ1v) is 7.36. The molecule has 122 valence electrons. The average molecular weight is 325 g/mol. The van der Waals surface area contributed by atoms with E-state index in [4.69, 9.17) is 5.11 Å². The number of carboxylic acid groups (broad SMARTS) is 1. The number of benzene rings is 1. The van der Waals surface area contributed by atoms with Crippen LogP contribution in [0.25, 0.3) is 22.0 Å². The number of fused-ring (bicyclic) bond motifs is 1. The number of non-ortho nitro benzene ring substituents is 1. The number of aliphatic carboxylic acids is 1. The number of pyridine rings is 1. The molecular formula is C17H15N3O4. The van der Waals surface area contributed by atoms with E-state index in [1.807, 2.05) is 16.7 Å². The Balaban J connectivity index is 2.28. The summed E-state index contributed by atoms with van der Waals surface area (Å²) in [7, 11) is 1.81. The van der Waals surface area contributed by atoms with E-state index in [1.54, 1.807) is 31.7 Å². The molecule has 0 amide bonds. The van der Waals surface area contributed by atoms with Crippen molar-refractivity contribution in [1.82, 2.24) is 9.55 Å². The Morgan fingerprint density at radius 2 is 2.00 bits per heavy atom. The first-order chi connectivity index (χ1) is 11.5. The first-order valence-electron chi connectivity index (χ1n) is 7.36. The number of hydrogen-bond acceptors (Lipinski definition) is 4. The van der Waals surface area contributed by atoms with Gasteiger partial charge in [0.15, 0.2) is 0 Å². The minimum Gasteiger partial charge on any atom is -0.481 e. The third-order valence-corrected chi connectivity index (χ3v) is 3.98. The lowest BCUT2D eigenvalue weighted by molar-refractivity contribution is -0.383. The highest BCUT2D eigenvalue weighted by Crippen LogP contribution is 2.37. The molecule has 2 heterocycles. The Kier molecular flexibility index (Phi) is 3.99. The molecule has 0 atom stereocenters. The van der Waals surface area contributed by atoms with Crippen LogP contribution >= 0.6 is 0 Å². The smallest absolute Gasteiger partial charge is 0.303 e. The number of nitrogens with zero attached hydrogens (tertiary/aromatic N) is 3. The minimum absolute atomic E-state index is 0.0104. The second-order valence-electron chi connectivity index (χ2n) is 5.51. The third-order valence-electron chi connectivity index (χ3n) is 3.98. The Hall–Kier alpha value is -3.22. The van der Waals surface area contributed by atoms with E-state index in [0.29, 0.717) is 10.9 Å². The molecule has 0 aliphatic heterocycles. The van der Waals surface area contributed by atoms with Gasteiger partial charge in [-0.15, -0.1) is 0 Å². The molecular weight excluding hydrogens is 310 g/mol. The van der Waals surface area contributed by atoms with Crippen molar-refractivity contribution in [2.24, 2.45) is 7.05 Å². The van der Waals surface area contributed by atoms with Crippen molar-refractivity contribution < 1.29 is 14.8 Å². The number of aromatic nitrogens is 2. The lowest BCUT2D eigenvalue weighted by Gasteiger charge is -2.07. The summed E-state index contributed by atoms with van der Waals surface area (Å²) in [4.78, 5) is 25.9. The van der Waals surface area contributed by atoms with E-state index in [1.165, 1.54) is 6.07 Å². The fourth-order valence-corrected chi connectivity index (χ4v) is 2.97. The lowest BCUT2D eigenvalue weighted by Crippen LogP contribution is -1.98. The van der Waals surface area contributed by atoms with Gasteiger partial charge in [-0.25, -0.2) is 0 Å². The van der Waals surface area contributed by atoms with Crippen LogP contribution in [0.5, 0.6) is 0 Å². The highest BCUT2D eigenvalue weighted by Gasteiger charge is 2.22. The lowest BCUT2D eigenvalue weighted by atomic mass is 10.00. The monoisotopic (exact) mass is 325 g/mol. The van der Waals surface area contributed by atoms with E-state index in [2.05, 4.69) is 4.98 Å². The molecule has 3 aromatic rings. The molecule has 1 N–H and O–H groups in total. The van der Waals surface area contributed by atoms with Crippen molar-refractivity contribution in [2.45, 2.75) is 12.8 Å². The number of carboxylic acids is 1. The van der Waals surface area contributed by atoms with Crippen molar-refractivity contribution in [3.63, 3.8) is 0 Å². The maximum absolute atomic E-state index is 11.4. The molecule has 0 spiro atoms. The number of rotatable bonds is 5. The molecule has 7 heteroatoms. The van der Waals surface area contributed by atoms with Gasteiger partial charge in [0.1, 0.15) is 0 Å². The van der Waals surface area contributed by atoms with Gasteiger partial charge >= 0.3 is 5.97 Å². The van der Waals surface area contributed by atoms with E-state index in [9.17, 15) is 14.9 Å². The van der Waals surface area contributed by atoms with Crippen LogP contribution in [0.2, 0.25) is 0 Å². The van der Waals surface area contributed by atoms with E-state index in [-0.39, 0.29) is 18.5 Å². The zero-order valence-corrected chi connectivity index (χ0v) is 13.0. The summed E-state index contributed by atoms with van der Waals surface area (Å²) in [5, 5.41) is 20.8. The summed E-state index contributed by atoms with van der Waals surface area (Å²) in [6, 6.07) is 6.87. The van der Waals surface area contributed by atoms with Gasteiger partial charge in [0.05, 0.1) is 15.8 Å². The van der Waals surface area contributed by atoms with Gasteiger partial charge < -0.3 is 9.67 Å². The second kappa shape index (κ2) is 6.11. The van der Waals surface area contributed by atoms with Crippen molar-refractivity contribution in [3.05, 3.63) is 58.5 Å². The maximum atomic E-state index is 11.4. The zero-order valence-electron chi connectivity index (χ0n) is 13.0. The summed E-state index contributed by atoms with van der Waals surface area (Å²) in [5.41, 5.74) is 3.12. The van der Waals surface area contributed by atoms with Crippen LogP contribution in [0, 0.1) is 10.1 Å². The highest BCUT2D eigenvalue weighted by atomic mass is 16.6. The predicted molar refractivity (Wildman–Crippen MR) is 88.8 cm³/mol. The minimum atomic E-state index is -0.931. The van der Waals surface area contributed by atoms with Gasteiger partial charge in [-0.3, -0.25) is 19.9 Å². The third kappa shape index (κ3) is 2.71. The molecule has 0 aliphatic rings. The quantitative estimate of drug-likeness (QED) is 0.574. The topological polar surface area (TPSA) is 98.3 Å². The van der Waals surface area contributed by atoms with Gasteiger partial charge in [0.2, 0.25) is 0 Å². The number of carbonyl (C=O) groups is 1. The molecule has 7 nitrogen and oxygen atoms in total. The molecule has 0 saturated heterocycles. The van der Waals surface area contributed by atoms with Gasteiger partial charge in [0.25, 0.3) is 5.69 Å². The molecule has 24 heavy (non-hydrogen) atoms. The number of aryl methyl sites for hydroxylation is 2. The summed E-state index contributed by atoms with van der Waals surface area (Å²) in [5.74, 6) is -0.931. The van der Waals surface area contributed by atoms with Crippen LogP contribution < -0.4 is 0 Å². The molecule has 3 rings (SSSR count). The van der Waals surface area contributed by atoms with Crippen LogP contribution in [-0.4, -0.2) is 25.6 Å². The van der Waals surface area contributed by atoms with Crippen LogP contribution in [0.4, 0.5) is 5.69 Å². The van der Waals surface area contributed by atoms with E-state index in [0.717, 1.165) is 16.6 Å². The first kappa shape index (κ1) is 15.7. The van der Waals surface area contributed by atoms with Gasteiger partial charge in [-0.05, 0) is 35.7 Å². The fourth-order valence-electron chi connectivity index (χ4n) is 2.97. The number of hydrogen-bond donors (Lipinski definition) is 1. The number of nitro benzene ring substituents is 1. The number of nitro groups is 1. The molecule has 1 aromatic carbocycles. The van der Waals surface area contributed by atoms with Crippen molar-refractivity contribution in [3.8, 4) is 11.1 Å². The average Bonchev–Trinajstić information content (AvgIpc) is 2.90.